The van der Waals surface area contributed by atoms with Crippen molar-refractivity contribution in [2.45, 2.75) is 65.1 Å². The fourth-order valence-electron chi connectivity index (χ4n) is 6.15. The van der Waals surface area contributed by atoms with E-state index >= 15 is 0 Å². The van der Waals surface area contributed by atoms with E-state index in [9.17, 15) is 24.3 Å². The molecule has 2 N–H and O–H groups in total. The Labute approximate surface area is 210 Å². The lowest BCUT2D eigenvalue weighted by atomic mass is 9.74. The van der Waals surface area contributed by atoms with E-state index in [1.54, 1.807) is 18.7 Å². The summed E-state index contributed by atoms with van der Waals surface area (Å²) in [5.74, 6) is -0.442. The second kappa shape index (κ2) is 9.72. The van der Waals surface area contributed by atoms with E-state index in [0.29, 0.717) is 17.9 Å². The molecule has 10 nitrogen and oxygen atoms in total. The number of carbonyl (C=O) groups is 3. The minimum Gasteiger partial charge on any atom is -0.465 e. The fourth-order valence-corrected chi connectivity index (χ4v) is 6.15. The summed E-state index contributed by atoms with van der Waals surface area (Å²) in [6.07, 6.45) is 1.48. The molecule has 0 bridgehead atoms. The van der Waals surface area contributed by atoms with Crippen molar-refractivity contribution < 1.29 is 19.5 Å². The van der Waals surface area contributed by atoms with Crippen LogP contribution in [0.5, 0.6) is 0 Å². The number of likely N-dealkylation sites (tertiary alicyclic amines) is 1. The number of nitrogens with zero attached hydrogens (tertiary/aromatic N) is 4. The van der Waals surface area contributed by atoms with E-state index in [0.717, 1.165) is 43.6 Å². The van der Waals surface area contributed by atoms with Crippen molar-refractivity contribution in [1.29, 1.82) is 0 Å². The van der Waals surface area contributed by atoms with Crippen LogP contribution in [0.1, 0.15) is 58.1 Å². The third-order valence-corrected chi connectivity index (χ3v) is 7.77. The van der Waals surface area contributed by atoms with Crippen LogP contribution in [0, 0.1) is 11.3 Å². The summed E-state index contributed by atoms with van der Waals surface area (Å²) < 4.78 is 3.06. The fraction of sp³-hybridized carbons (Fsp3) is 0.615. The molecule has 4 rings (SSSR count). The van der Waals surface area contributed by atoms with Gasteiger partial charge in [0.2, 0.25) is 11.8 Å². The smallest absolute Gasteiger partial charge is 0.407 e. The minimum absolute atomic E-state index is 0.0462. The maximum Gasteiger partial charge on any atom is 0.407 e. The summed E-state index contributed by atoms with van der Waals surface area (Å²) in [5, 5.41) is 11.9. The number of amides is 3. The average Bonchev–Trinajstić information content (AvgIpc) is 3.04. The lowest BCUT2D eigenvalue weighted by Crippen LogP contribution is -2.51. The second-order valence-electron chi connectivity index (χ2n) is 11.3. The Balaban J connectivity index is 1.49. The molecule has 2 unspecified atom stereocenters. The van der Waals surface area contributed by atoms with Crippen LogP contribution in [0.3, 0.4) is 0 Å². The number of benzene rings is 1. The molecule has 196 valence electrons. The van der Waals surface area contributed by atoms with E-state index in [-0.39, 0.29) is 29.5 Å². The molecule has 3 amide bonds. The molecule has 10 heteroatoms. The zero-order chi connectivity index (χ0) is 26.4. The number of hydrogen-bond acceptors (Lipinski definition) is 5. The first-order chi connectivity index (χ1) is 16.9. The maximum absolute atomic E-state index is 13.0. The van der Waals surface area contributed by atoms with Gasteiger partial charge in [0.15, 0.2) is 0 Å². The first-order valence-corrected chi connectivity index (χ1v) is 12.6. The Kier molecular flexibility index (Phi) is 7.01. The van der Waals surface area contributed by atoms with Gasteiger partial charge in [-0.2, -0.15) is 0 Å². The Hall–Kier alpha value is -3.14. The molecule has 2 aromatic rings. The van der Waals surface area contributed by atoms with Gasteiger partial charge in [0, 0.05) is 33.1 Å². The topological polar surface area (TPSA) is 117 Å². The van der Waals surface area contributed by atoms with Crippen molar-refractivity contribution in [3.05, 3.63) is 34.2 Å². The zero-order valence-corrected chi connectivity index (χ0v) is 21.8. The molecule has 2 saturated heterocycles. The van der Waals surface area contributed by atoms with Crippen LogP contribution in [0.4, 0.5) is 4.79 Å². The van der Waals surface area contributed by atoms with E-state index in [4.69, 9.17) is 0 Å². The van der Waals surface area contributed by atoms with Crippen molar-refractivity contribution in [2.24, 2.45) is 18.4 Å². The molecule has 0 aliphatic carbocycles. The molecule has 3 heterocycles. The van der Waals surface area contributed by atoms with Gasteiger partial charge in [-0.05, 0) is 61.4 Å². The summed E-state index contributed by atoms with van der Waals surface area (Å²) in [6.45, 7) is 8.78. The van der Waals surface area contributed by atoms with Crippen LogP contribution in [0.25, 0.3) is 11.0 Å². The number of nitrogens with one attached hydrogen (secondary N) is 1. The summed E-state index contributed by atoms with van der Waals surface area (Å²) in [5.41, 5.74) is 2.10. The van der Waals surface area contributed by atoms with Crippen molar-refractivity contribution >= 4 is 28.9 Å². The molecule has 2 fully saturated rings. The minimum atomic E-state index is -0.888. The molecule has 2 aliphatic rings. The largest absolute Gasteiger partial charge is 0.465 e. The molecule has 2 atom stereocenters. The highest BCUT2D eigenvalue weighted by Crippen LogP contribution is 2.35. The summed E-state index contributed by atoms with van der Waals surface area (Å²) >= 11 is 0. The zero-order valence-electron chi connectivity index (χ0n) is 21.8. The van der Waals surface area contributed by atoms with Gasteiger partial charge >= 0.3 is 11.8 Å². The van der Waals surface area contributed by atoms with E-state index in [1.165, 1.54) is 9.47 Å². The third kappa shape index (κ3) is 4.91. The number of fused-ring (bicyclic) bond motifs is 1. The molecule has 36 heavy (non-hydrogen) atoms. The lowest BCUT2D eigenvalue weighted by molar-refractivity contribution is -0.135. The van der Waals surface area contributed by atoms with Crippen molar-refractivity contribution in [3.8, 4) is 0 Å². The summed E-state index contributed by atoms with van der Waals surface area (Å²) in [4.78, 5) is 52.5. The Morgan fingerprint density at radius 1 is 1.14 bits per heavy atom. The summed E-state index contributed by atoms with van der Waals surface area (Å²) in [6, 6.07) is 5.15. The van der Waals surface area contributed by atoms with Crippen molar-refractivity contribution in [3.63, 3.8) is 0 Å². The second-order valence-corrected chi connectivity index (χ2v) is 11.3. The quantitative estimate of drug-likeness (QED) is 0.611. The molecule has 1 aromatic carbocycles. The van der Waals surface area contributed by atoms with E-state index < -0.39 is 18.0 Å². The predicted molar refractivity (Wildman–Crippen MR) is 136 cm³/mol. The van der Waals surface area contributed by atoms with Crippen LogP contribution >= 0.6 is 0 Å². The standard InChI is InChI=1S/C26H37N5O5/c1-26(2,3)22(29(5)25(35)36)17-10-12-30(13-11-17)15-16-6-7-18-20(14-16)28(4)24(34)31(18)19-8-9-21(32)27-23(19)33/h6-7,14,17,19,22H,8-13,15H2,1-5H3,(H,35,36)(H,27,32,33). The Morgan fingerprint density at radius 2 is 1.81 bits per heavy atom. The number of imidazole rings is 1. The van der Waals surface area contributed by atoms with Crippen LogP contribution < -0.4 is 11.0 Å². The van der Waals surface area contributed by atoms with Gasteiger partial charge in [0.1, 0.15) is 6.04 Å². The highest BCUT2D eigenvalue weighted by atomic mass is 16.4. The summed E-state index contributed by atoms with van der Waals surface area (Å²) in [7, 11) is 3.37. The SMILES string of the molecule is CN(C(=O)O)C(C1CCN(Cc2ccc3c(c2)n(C)c(=O)n3C2CCC(=O)NC2=O)CC1)C(C)(C)C. The maximum atomic E-state index is 13.0. The molecule has 0 radical (unpaired) electrons. The molecule has 0 spiro atoms. The number of piperidine rings is 2. The number of hydrogen-bond donors (Lipinski definition) is 2. The number of aryl methyl sites for hydroxylation is 1. The first kappa shape index (κ1) is 25.9. The number of carbonyl (C=O) groups excluding carboxylic acids is 2. The van der Waals surface area contributed by atoms with Crippen molar-refractivity contribution in [2.75, 3.05) is 20.1 Å². The number of rotatable bonds is 5. The van der Waals surface area contributed by atoms with Gasteiger partial charge < -0.3 is 10.0 Å². The number of aromatic nitrogens is 2. The monoisotopic (exact) mass is 499 g/mol. The van der Waals surface area contributed by atoms with Crippen molar-refractivity contribution in [1.82, 2.24) is 24.3 Å². The van der Waals surface area contributed by atoms with Crippen LogP contribution in [0.15, 0.2) is 23.0 Å². The molecule has 0 saturated carbocycles. The Bertz CT molecular complexity index is 1230. The van der Waals surface area contributed by atoms with E-state index in [2.05, 4.69) is 31.0 Å². The normalized spacial score (nSPS) is 21.0. The molecular weight excluding hydrogens is 462 g/mol. The highest BCUT2D eigenvalue weighted by molar-refractivity contribution is 6.00. The molecular formula is C26H37N5O5. The number of carboxylic acid groups (broad SMARTS) is 1. The van der Waals surface area contributed by atoms with Crippen LogP contribution in [-0.2, 0) is 23.2 Å². The number of imide groups is 1. The van der Waals surface area contributed by atoms with E-state index in [1.807, 2.05) is 18.2 Å². The Morgan fingerprint density at radius 3 is 2.39 bits per heavy atom. The van der Waals surface area contributed by atoms with Gasteiger partial charge in [-0.25, -0.2) is 9.59 Å². The van der Waals surface area contributed by atoms with Gasteiger partial charge in [0.05, 0.1) is 11.0 Å². The van der Waals surface area contributed by atoms with Gasteiger partial charge in [-0.15, -0.1) is 0 Å². The van der Waals surface area contributed by atoms with Crippen LogP contribution in [-0.4, -0.2) is 68.1 Å². The average molecular weight is 500 g/mol. The predicted octanol–water partition coefficient (Wildman–Crippen LogP) is 2.55. The van der Waals surface area contributed by atoms with Crippen LogP contribution in [0.2, 0.25) is 0 Å². The first-order valence-electron chi connectivity index (χ1n) is 12.6. The van der Waals surface area contributed by atoms with Gasteiger partial charge in [-0.1, -0.05) is 26.8 Å². The van der Waals surface area contributed by atoms with Gasteiger partial charge in [-0.3, -0.25) is 28.9 Å². The highest BCUT2D eigenvalue weighted by Gasteiger charge is 2.39. The lowest BCUT2D eigenvalue weighted by Gasteiger charge is -2.45. The third-order valence-electron chi connectivity index (χ3n) is 7.77. The molecule has 2 aliphatic heterocycles. The molecule has 1 aromatic heterocycles. The van der Waals surface area contributed by atoms with Gasteiger partial charge in [0.25, 0.3) is 0 Å².